The Kier molecular flexibility index (Phi) is 8.02. The predicted octanol–water partition coefficient (Wildman–Crippen LogP) is 4.83. The maximum Gasteiger partial charge on any atom is 0.332 e. The smallest absolute Gasteiger partial charge is 0.332 e. The highest BCUT2D eigenvalue weighted by molar-refractivity contribution is 7.89. The molecule has 36 heavy (non-hydrogen) atoms. The van der Waals surface area contributed by atoms with Crippen LogP contribution >= 0.6 is 0 Å². The van der Waals surface area contributed by atoms with E-state index in [-0.39, 0.29) is 16.6 Å². The van der Waals surface area contributed by atoms with Gasteiger partial charge in [0, 0.05) is 23.4 Å². The first-order valence-electron chi connectivity index (χ1n) is 12.1. The van der Waals surface area contributed by atoms with E-state index in [1.165, 1.54) is 6.07 Å². The summed E-state index contributed by atoms with van der Waals surface area (Å²) in [6.45, 7) is 15.1. The van der Waals surface area contributed by atoms with Crippen molar-refractivity contribution < 1.29 is 17.6 Å². The molecule has 8 nitrogen and oxygen atoms in total. The molecule has 1 aliphatic rings. The summed E-state index contributed by atoms with van der Waals surface area (Å²) in [6.07, 6.45) is 7.00. The number of rotatable bonds is 8. The summed E-state index contributed by atoms with van der Waals surface area (Å²) in [5.74, 6) is 0. The van der Waals surface area contributed by atoms with Gasteiger partial charge in [-0.15, -0.1) is 6.58 Å². The van der Waals surface area contributed by atoms with Gasteiger partial charge in [-0.2, -0.15) is 0 Å². The number of benzene rings is 1. The summed E-state index contributed by atoms with van der Waals surface area (Å²) < 4.78 is 33.1. The van der Waals surface area contributed by atoms with E-state index in [9.17, 15) is 18.0 Å². The Morgan fingerprint density at radius 1 is 1.22 bits per heavy atom. The zero-order chi connectivity index (χ0) is 26.9. The van der Waals surface area contributed by atoms with Gasteiger partial charge in [0.2, 0.25) is 10.0 Å². The van der Waals surface area contributed by atoms with Gasteiger partial charge in [-0.05, 0) is 54.6 Å². The van der Waals surface area contributed by atoms with Crippen molar-refractivity contribution in [2.45, 2.75) is 64.2 Å². The molecule has 0 bridgehead atoms. The molecule has 1 aromatic carbocycles. The molecule has 1 unspecified atom stereocenters. The number of fused-ring (bicyclic) bond motifs is 1. The molecule has 10 heteroatoms. The number of hydrogen-bond acceptors (Lipinski definition) is 5. The van der Waals surface area contributed by atoms with Crippen molar-refractivity contribution >= 4 is 30.1 Å². The van der Waals surface area contributed by atoms with Crippen LogP contribution in [0.25, 0.3) is 11.1 Å². The number of carbonyl (C=O) groups is 1. The Labute approximate surface area is 214 Å². The Morgan fingerprint density at radius 2 is 1.92 bits per heavy atom. The van der Waals surface area contributed by atoms with Crippen LogP contribution in [0.3, 0.4) is 0 Å². The first-order valence-corrected chi connectivity index (χ1v) is 16.9. The maximum atomic E-state index is 12.9. The molecule has 1 aliphatic carbocycles. The Morgan fingerprint density at radius 3 is 2.53 bits per heavy atom. The number of hydrogen-bond donors (Lipinski definition) is 2. The number of carbonyl (C=O) groups excluding carboxylic acids is 1. The molecule has 0 saturated heterocycles. The number of nitrogens with one attached hydrogen (secondary N) is 2. The lowest BCUT2D eigenvalue weighted by molar-refractivity contribution is 0.250. The number of urea groups is 1. The molecule has 0 radical (unpaired) electrons. The summed E-state index contributed by atoms with van der Waals surface area (Å²) in [5.41, 5.74) is 3.90. The number of aromatic nitrogens is 1. The maximum absolute atomic E-state index is 12.9. The van der Waals surface area contributed by atoms with Crippen molar-refractivity contribution in [1.29, 1.82) is 0 Å². The van der Waals surface area contributed by atoms with E-state index in [2.05, 4.69) is 45.8 Å². The van der Waals surface area contributed by atoms with Crippen LogP contribution in [0.5, 0.6) is 0 Å². The highest BCUT2D eigenvalue weighted by Gasteiger charge is 2.37. The summed E-state index contributed by atoms with van der Waals surface area (Å²) in [4.78, 5) is 25.3. The first kappa shape index (κ1) is 27.9. The van der Waals surface area contributed by atoms with Gasteiger partial charge in [-0.25, -0.2) is 17.9 Å². The predicted molar refractivity (Wildman–Crippen MR) is 148 cm³/mol. The number of sulfonamides is 1. The Balaban J connectivity index is 2.01. The molecule has 1 aromatic heterocycles. The van der Waals surface area contributed by atoms with Gasteiger partial charge < -0.3 is 14.3 Å². The number of pyridine rings is 1. The van der Waals surface area contributed by atoms with Crippen LogP contribution in [-0.2, 0) is 27.3 Å². The van der Waals surface area contributed by atoms with Crippen molar-refractivity contribution in [3.63, 3.8) is 0 Å². The summed E-state index contributed by atoms with van der Waals surface area (Å²) >= 11 is 0. The average molecular weight is 532 g/mol. The minimum Gasteiger partial charge on any atom is -0.414 e. The third kappa shape index (κ3) is 6.35. The molecule has 0 fully saturated rings. The second-order valence-corrected chi connectivity index (χ2v) is 17.4. The number of anilines is 1. The van der Waals surface area contributed by atoms with Crippen LogP contribution in [0.4, 0.5) is 10.5 Å². The second-order valence-electron chi connectivity index (χ2n) is 10.8. The van der Waals surface area contributed by atoms with Gasteiger partial charge in [0.1, 0.15) is 0 Å². The zero-order valence-corrected chi connectivity index (χ0v) is 23.8. The van der Waals surface area contributed by atoms with Gasteiger partial charge in [0.05, 0.1) is 24.6 Å². The normalized spacial score (nSPS) is 14.7. The lowest BCUT2D eigenvalue weighted by Crippen LogP contribution is -2.42. The molecule has 2 amide bonds. The van der Waals surface area contributed by atoms with Crippen LogP contribution < -0.4 is 15.6 Å². The fraction of sp³-hybridized carbons (Fsp3) is 0.462. The van der Waals surface area contributed by atoms with Crippen molar-refractivity contribution in [2.24, 2.45) is 0 Å². The van der Waals surface area contributed by atoms with Crippen molar-refractivity contribution in [3.8, 4) is 11.1 Å². The van der Waals surface area contributed by atoms with Crippen molar-refractivity contribution in [1.82, 2.24) is 9.29 Å². The van der Waals surface area contributed by atoms with Crippen LogP contribution in [0.2, 0.25) is 18.1 Å². The van der Waals surface area contributed by atoms with Crippen molar-refractivity contribution in [2.75, 3.05) is 18.2 Å². The Hall–Kier alpha value is -2.69. The molecule has 0 saturated carbocycles. The fourth-order valence-electron chi connectivity index (χ4n) is 4.05. The standard InChI is InChI=1S/C26H37N3O5SSi/c1-8-20(17-34-36(6,7)26(2,3)4)29-16-19(13-15-23(29)30)22-14-12-18-10-9-11-21(18)24(22)27-25(31)28-35(5,32)33/h8,12-16,20H,1,9-11,17H2,2-7H3,(H2,27,28,31). The van der Waals surface area contributed by atoms with E-state index < -0.39 is 24.4 Å². The lowest BCUT2D eigenvalue weighted by Gasteiger charge is -2.37. The average Bonchev–Trinajstić information content (AvgIpc) is 3.23. The second kappa shape index (κ2) is 10.4. The fourth-order valence-corrected chi connectivity index (χ4v) is 5.46. The van der Waals surface area contributed by atoms with E-state index in [0.29, 0.717) is 17.9 Å². The molecule has 196 valence electrons. The quantitative estimate of drug-likeness (QED) is 0.375. The molecule has 3 rings (SSSR count). The monoisotopic (exact) mass is 531 g/mol. The van der Waals surface area contributed by atoms with Crippen LogP contribution in [-0.4, -0.2) is 40.2 Å². The van der Waals surface area contributed by atoms with Gasteiger partial charge in [-0.3, -0.25) is 4.79 Å². The number of amides is 2. The van der Waals surface area contributed by atoms with Gasteiger partial charge in [-0.1, -0.05) is 39.0 Å². The third-order valence-corrected chi connectivity index (χ3v) is 12.2. The molecule has 0 aliphatic heterocycles. The number of aryl methyl sites for hydroxylation is 1. The first-order chi connectivity index (χ1) is 16.6. The van der Waals surface area contributed by atoms with E-state index in [1.54, 1.807) is 22.9 Å². The van der Waals surface area contributed by atoms with E-state index in [0.717, 1.165) is 42.2 Å². The van der Waals surface area contributed by atoms with Crippen LogP contribution in [0, 0.1) is 0 Å². The molecule has 1 heterocycles. The van der Waals surface area contributed by atoms with E-state index in [4.69, 9.17) is 4.43 Å². The molecule has 2 aromatic rings. The minimum absolute atomic E-state index is 0.0308. The summed E-state index contributed by atoms with van der Waals surface area (Å²) in [5, 5.41) is 2.78. The largest absolute Gasteiger partial charge is 0.414 e. The highest BCUT2D eigenvalue weighted by Crippen LogP contribution is 2.38. The third-order valence-electron chi connectivity index (χ3n) is 7.10. The topological polar surface area (TPSA) is 106 Å². The molecule has 2 N–H and O–H groups in total. The lowest BCUT2D eigenvalue weighted by atomic mass is 9.98. The summed E-state index contributed by atoms with van der Waals surface area (Å²) in [7, 11) is -5.76. The SMILES string of the molecule is C=CC(CO[Si](C)(C)C(C)(C)C)n1cc(-c2ccc3c(c2NC(=O)NS(C)(=O)=O)CCC3)ccc1=O. The van der Waals surface area contributed by atoms with Gasteiger partial charge in [0.15, 0.2) is 8.32 Å². The van der Waals surface area contributed by atoms with E-state index >= 15 is 0 Å². The van der Waals surface area contributed by atoms with Gasteiger partial charge >= 0.3 is 6.03 Å². The zero-order valence-electron chi connectivity index (χ0n) is 22.0. The van der Waals surface area contributed by atoms with Crippen molar-refractivity contribution in [3.05, 3.63) is 64.6 Å². The molecular formula is C26H37N3O5SSi. The van der Waals surface area contributed by atoms with Crippen LogP contribution in [0.15, 0.2) is 47.9 Å². The van der Waals surface area contributed by atoms with Gasteiger partial charge in [0.25, 0.3) is 5.56 Å². The minimum atomic E-state index is -3.72. The Bertz CT molecular complexity index is 1330. The van der Waals surface area contributed by atoms with E-state index in [1.807, 2.05) is 16.9 Å². The van der Waals surface area contributed by atoms with Crippen LogP contribution in [0.1, 0.15) is 44.4 Å². The molecule has 0 spiro atoms. The summed E-state index contributed by atoms with van der Waals surface area (Å²) in [6, 6.07) is 5.94. The molecule has 1 atom stereocenters. The number of nitrogens with zero attached hydrogens (tertiary/aromatic N) is 1. The molecular weight excluding hydrogens is 494 g/mol. The highest BCUT2D eigenvalue weighted by atomic mass is 32.2.